The number of hydrogen-bond acceptors (Lipinski definition) is 4. The lowest BCUT2D eigenvalue weighted by Gasteiger charge is -2.09. The van der Waals surface area contributed by atoms with Crippen LogP contribution in [0.1, 0.15) is 67.8 Å². The summed E-state index contributed by atoms with van der Waals surface area (Å²) >= 11 is 0. The lowest BCUT2D eigenvalue weighted by atomic mass is 10.0. The van der Waals surface area contributed by atoms with Crippen molar-refractivity contribution in [2.75, 3.05) is 6.61 Å². The van der Waals surface area contributed by atoms with E-state index in [9.17, 15) is 14.7 Å². The maximum Gasteiger partial charge on any atom is 0.390 e. The molecular weight excluding hydrogens is 452 g/mol. The van der Waals surface area contributed by atoms with Crippen LogP contribution in [0.25, 0.3) is 11.1 Å². The van der Waals surface area contributed by atoms with Crippen LogP contribution in [-0.2, 0) is 4.79 Å². The summed E-state index contributed by atoms with van der Waals surface area (Å²) in [6.07, 6.45) is 8.65. The summed E-state index contributed by atoms with van der Waals surface area (Å²) in [7, 11) is 0. The Bertz CT molecular complexity index is 1190. The van der Waals surface area contributed by atoms with Crippen LogP contribution in [-0.4, -0.2) is 23.7 Å². The van der Waals surface area contributed by atoms with E-state index < -0.39 is 11.9 Å². The van der Waals surface area contributed by atoms with Crippen molar-refractivity contribution in [2.24, 2.45) is 0 Å². The standard InChI is InChI=1S/C31H32O5/c1-2-3-4-5-6-7-11-22-35-27-18-14-24(15-19-27)16-21-30(32)36-29-23-26(31(33)34)17-20-28(29)25-12-9-8-10-13-25/h8-10,12-15,17-20,23H,2-7,11,22H2,1H3,(H,33,34). The van der Waals surface area contributed by atoms with Crippen LogP contribution in [0.3, 0.4) is 0 Å². The summed E-state index contributed by atoms with van der Waals surface area (Å²) < 4.78 is 11.2. The third-order valence-corrected chi connectivity index (χ3v) is 5.70. The van der Waals surface area contributed by atoms with Crippen LogP contribution >= 0.6 is 0 Å². The molecule has 0 saturated heterocycles. The number of hydrogen-bond donors (Lipinski definition) is 1. The van der Waals surface area contributed by atoms with E-state index in [1.54, 1.807) is 18.2 Å². The molecule has 0 saturated carbocycles. The van der Waals surface area contributed by atoms with Crippen molar-refractivity contribution in [3.8, 4) is 34.5 Å². The zero-order valence-electron chi connectivity index (χ0n) is 20.7. The zero-order chi connectivity index (χ0) is 25.6. The van der Waals surface area contributed by atoms with Crippen molar-refractivity contribution in [3.05, 3.63) is 83.9 Å². The number of benzene rings is 3. The highest BCUT2D eigenvalue weighted by Gasteiger charge is 2.13. The van der Waals surface area contributed by atoms with Gasteiger partial charge in [-0.05, 0) is 54.4 Å². The van der Waals surface area contributed by atoms with Gasteiger partial charge in [0.05, 0.1) is 12.2 Å². The van der Waals surface area contributed by atoms with Gasteiger partial charge in [0.25, 0.3) is 0 Å². The minimum Gasteiger partial charge on any atom is -0.494 e. The molecule has 0 unspecified atom stereocenters. The second-order valence-electron chi connectivity index (χ2n) is 8.52. The number of unbranched alkanes of at least 4 members (excludes halogenated alkanes) is 6. The quantitative estimate of drug-likeness (QED) is 0.128. The van der Waals surface area contributed by atoms with E-state index in [0.717, 1.165) is 17.7 Å². The molecule has 0 aliphatic carbocycles. The van der Waals surface area contributed by atoms with E-state index in [1.165, 1.54) is 50.7 Å². The first-order valence-corrected chi connectivity index (χ1v) is 12.5. The number of carbonyl (C=O) groups excluding carboxylic acids is 1. The lowest BCUT2D eigenvalue weighted by Crippen LogP contribution is -2.07. The number of esters is 1. The third-order valence-electron chi connectivity index (χ3n) is 5.70. The van der Waals surface area contributed by atoms with Crippen molar-refractivity contribution < 1.29 is 24.2 Å². The summed E-state index contributed by atoms with van der Waals surface area (Å²) in [5.41, 5.74) is 2.09. The average molecular weight is 485 g/mol. The number of carboxylic acid groups (broad SMARTS) is 1. The van der Waals surface area contributed by atoms with E-state index >= 15 is 0 Å². The SMILES string of the molecule is CCCCCCCCCOc1ccc(C#CC(=O)Oc2cc(C(=O)O)ccc2-c2ccccc2)cc1. The molecule has 0 spiro atoms. The fourth-order valence-electron chi connectivity index (χ4n) is 3.73. The van der Waals surface area contributed by atoms with Crippen LogP contribution in [0.5, 0.6) is 11.5 Å². The molecule has 0 radical (unpaired) electrons. The van der Waals surface area contributed by atoms with E-state index in [0.29, 0.717) is 17.7 Å². The van der Waals surface area contributed by atoms with Gasteiger partial charge in [-0.1, -0.05) is 81.7 Å². The molecule has 0 fully saturated rings. The topological polar surface area (TPSA) is 72.8 Å². The van der Waals surface area contributed by atoms with Crippen molar-refractivity contribution in [2.45, 2.75) is 51.9 Å². The smallest absolute Gasteiger partial charge is 0.390 e. The predicted octanol–water partition coefficient (Wildman–Crippen LogP) is 7.14. The predicted molar refractivity (Wildman–Crippen MR) is 141 cm³/mol. The monoisotopic (exact) mass is 484 g/mol. The first-order chi connectivity index (χ1) is 17.6. The molecule has 0 amide bonds. The first kappa shape index (κ1) is 26.6. The van der Waals surface area contributed by atoms with Gasteiger partial charge in [-0.15, -0.1) is 0 Å². The molecule has 3 aromatic carbocycles. The summed E-state index contributed by atoms with van der Waals surface area (Å²) in [5, 5.41) is 9.32. The van der Waals surface area contributed by atoms with E-state index in [-0.39, 0.29) is 11.3 Å². The third kappa shape index (κ3) is 8.63. The molecule has 5 heteroatoms. The van der Waals surface area contributed by atoms with Gasteiger partial charge in [0, 0.05) is 17.0 Å². The highest BCUT2D eigenvalue weighted by Crippen LogP contribution is 2.31. The van der Waals surface area contributed by atoms with Gasteiger partial charge in [0.2, 0.25) is 0 Å². The maximum absolute atomic E-state index is 12.4. The van der Waals surface area contributed by atoms with Gasteiger partial charge in [0.15, 0.2) is 0 Å². The summed E-state index contributed by atoms with van der Waals surface area (Å²) in [4.78, 5) is 23.8. The van der Waals surface area contributed by atoms with E-state index in [4.69, 9.17) is 9.47 Å². The largest absolute Gasteiger partial charge is 0.494 e. The van der Waals surface area contributed by atoms with E-state index in [2.05, 4.69) is 18.8 Å². The number of aromatic carboxylic acids is 1. The van der Waals surface area contributed by atoms with Crippen molar-refractivity contribution in [1.29, 1.82) is 0 Å². The zero-order valence-corrected chi connectivity index (χ0v) is 20.7. The van der Waals surface area contributed by atoms with Crippen molar-refractivity contribution >= 4 is 11.9 Å². The molecule has 3 aromatic rings. The van der Waals surface area contributed by atoms with Gasteiger partial charge in [-0.3, -0.25) is 0 Å². The Morgan fingerprint density at radius 1 is 0.833 bits per heavy atom. The molecule has 0 atom stereocenters. The minimum atomic E-state index is -1.10. The van der Waals surface area contributed by atoms with Gasteiger partial charge in [-0.2, -0.15) is 0 Å². The number of ether oxygens (including phenoxy) is 2. The summed E-state index contributed by atoms with van der Waals surface area (Å²) in [6.45, 7) is 2.91. The average Bonchev–Trinajstić information content (AvgIpc) is 2.90. The van der Waals surface area contributed by atoms with Crippen molar-refractivity contribution in [1.82, 2.24) is 0 Å². The lowest BCUT2D eigenvalue weighted by molar-refractivity contribution is -0.128. The highest BCUT2D eigenvalue weighted by atomic mass is 16.5. The molecule has 186 valence electrons. The Balaban J connectivity index is 1.56. The van der Waals surface area contributed by atoms with Gasteiger partial charge in [0.1, 0.15) is 11.5 Å². The van der Waals surface area contributed by atoms with Crippen LogP contribution in [0.2, 0.25) is 0 Å². The van der Waals surface area contributed by atoms with Crippen LogP contribution in [0.4, 0.5) is 0 Å². The van der Waals surface area contributed by atoms with Gasteiger partial charge >= 0.3 is 11.9 Å². The number of rotatable bonds is 12. The molecule has 0 aliphatic rings. The second kappa shape index (κ2) is 14.4. The number of carbonyl (C=O) groups is 2. The molecule has 5 nitrogen and oxygen atoms in total. The maximum atomic E-state index is 12.4. The Morgan fingerprint density at radius 2 is 1.53 bits per heavy atom. The molecule has 3 rings (SSSR count). The molecule has 0 aliphatic heterocycles. The molecule has 1 N–H and O–H groups in total. The fourth-order valence-corrected chi connectivity index (χ4v) is 3.73. The number of carboxylic acids is 1. The van der Waals surface area contributed by atoms with Crippen LogP contribution < -0.4 is 9.47 Å². The molecule has 36 heavy (non-hydrogen) atoms. The molecule has 0 bridgehead atoms. The van der Waals surface area contributed by atoms with Crippen LogP contribution in [0.15, 0.2) is 72.8 Å². The van der Waals surface area contributed by atoms with Gasteiger partial charge in [-0.25, -0.2) is 9.59 Å². The second-order valence-corrected chi connectivity index (χ2v) is 8.52. The van der Waals surface area contributed by atoms with Gasteiger partial charge < -0.3 is 14.6 Å². The minimum absolute atomic E-state index is 0.0255. The first-order valence-electron chi connectivity index (χ1n) is 12.5. The normalized spacial score (nSPS) is 10.2. The fraction of sp³-hybridized carbons (Fsp3) is 0.290. The Hall–Kier alpha value is -4.04. The van der Waals surface area contributed by atoms with Crippen LogP contribution in [0, 0.1) is 11.8 Å². The Kier molecular flexibility index (Phi) is 10.6. The molecular formula is C31H32O5. The molecule has 0 aromatic heterocycles. The summed E-state index contributed by atoms with van der Waals surface area (Å²) in [5.74, 6) is 4.31. The van der Waals surface area contributed by atoms with Crippen molar-refractivity contribution in [3.63, 3.8) is 0 Å². The Morgan fingerprint density at radius 3 is 2.22 bits per heavy atom. The summed E-state index contributed by atoms with van der Waals surface area (Å²) in [6, 6.07) is 21.0. The highest BCUT2D eigenvalue weighted by molar-refractivity contribution is 5.94. The molecule has 0 heterocycles. The Labute approximate surface area is 213 Å². The van der Waals surface area contributed by atoms with E-state index in [1.807, 2.05) is 42.5 Å².